The Morgan fingerprint density at radius 1 is 1.23 bits per heavy atom. The van der Waals surface area contributed by atoms with Crippen molar-refractivity contribution in [3.05, 3.63) is 30.5 Å². The maximum absolute atomic E-state index is 11.8. The number of likely N-dealkylation sites (N-methyl/N-ethyl adjacent to an activating group) is 1. The van der Waals surface area contributed by atoms with E-state index in [1.807, 2.05) is 48.9 Å². The van der Waals surface area contributed by atoms with Gasteiger partial charge in [0.25, 0.3) is 0 Å². The van der Waals surface area contributed by atoms with Crippen LogP contribution in [-0.4, -0.2) is 41.5 Å². The van der Waals surface area contributed by atoms with E-state index in [9.17, 15) is 9.59 Å². The molecule has 0 atom stereocenters. The molecular weight excluding hydrogens is 280 g/mol. The highest BCUT2D eigenvalue weighted by Crippen LogP contribution is 2.20. The van der Waals surface area contributed by atoms with Gasteiger partial charge in [-0.25, -0.2) is 4.79 Å². The zero-order valence-corrected chi connectivity index (χ0v) is 13.4. The minimum Gasteiger partial charge on any atom is -0.347 e. The summed E-state index contributed by atoms with van der Waals surface area (Å²) in [6, 6.07) is 7.43. The molecule has 0 fully saturated rings. The standard InChI is InChI=1S/C16H22N4O2/c1-11(2)17-16(22)18-13-5-6-14-12(9-13)7-8-20(14)10-15(21)19(3)4/h5-9,11H,10H2,1-4H3,(H2,17,18,22). The van der Waals surface area contributed by atoms with Crippen LogP contribution in [0.1, 0.15) is 13.8 Å². The molecule has 0 aliphatic carbocycles. The number of benzene rings is 1. The maximum atomic E-state index is 11.8. The summed E-state index contributed by atoms with van der Waals surface area (Å²) >= 11 is 0. The van der Waals surface area contributed by atoms with Crippen molar-refractivity contribution in [2.24, 2.45) is 0 Å². The molecule has 1 aromatic carbocycles. The molecule has 1 heterocycles. The number of fused-ring (bicyclic) bond motifs is 1. The summed E-state index contributed by atoms with van der Waals surface area (Å²) in [5.41, 5.74) is 1.69. The van der Waals surface area contributed by atoms with E-state index in [1.165, 1.54) is 0 Å². The molecule has 118 valence electrons. The van der Waals surface area contributed by atoms with Crippen molar-refractivity contribution in [2.45, 2.75) is 26.4 Å². The lowest BCUT2D eigenvalue weighted by Gasteiger charge is -2.12. The van der Waals surface area contributed by atoms with Gasteiger partial charge in [0.1, 0.15) is 6.54 Å². The van der Waals surface area contributed by atoms with Crippen molar-refractivity contribution < 1.29 is 9.59 Å². The largest absolute Gasteiger partial charge is 0.347 e. The lowest BCUT2D eigenvalue weighted by atomic mass is 10.2. The molecule has 22 heavy (non-hydrogen) atoms. The van der Waals surface area contributed by atoms with Crippen LogP contribution >= 0.6 is 0 Å². The Kier molecular flexibility index (Phi) is 4.70. The third-order valence-electron chi connectivity index (χ3n) is 3.25. The number of carbonyl (C=O) groups is 2. The van der Waals surface area contributed by atoms with Gasteiger partial charge in [-0.05, 0) is 38.1 Å². The Labute approximate surface area is 130 Å². The molecule has 6 heteroatoms. The Hall–Kier alpha value is -2.50. The minimum absolute atomic E-state index is 0.0380. The summed E-state index contributed by atoms with van der Waals surface area (Å²) in [5, 5.41) is 6.56. The third-order valence-corrected chi connectivity index (χ3v) is 3.25. The van der Waals surface area contributed by atoms with Gasteiger partial charge in [-0.2, -0.15) is 0 Å². The van der Waals surface area contributed by atoms with Gasteiger partial charge in [0, 0.05) is 42.9 Å². The van der Waals surface area contributed by atoms with Gasteiger partial charge in [-0.3, -0.25) is 4.79 Å². The zero-order chi connectivity index (χ0) is 16.3. The number of anilines is 1. The first-order valence-corrected chi connectivity index (χ1v) is 7.23. The number of hydrogen-bond acceptors (Lipinski definition) is 2. The molecule has 0 radical (unpaired) electrons. The Morgan fingerprint density at radius 2 is 1.95 bits per heavy atom. The Morgan fingerprint density at radius 3 is 2.59 bits per heavy atom. The number of hydrogen-bond donors (Lipinski definition) is 2. The van der Waals surface area contributed by atoms with Crippen LogP contribution in [0.5, 0.6) is 0 Å². The molecule has 0 saturated heterocycles. The highest BCUT2D eigenvalue weighted by Gasteiger charge is 2.09. The van der Waals surface area contributed by atoms with Crippen molar-refractivity contribution in [3.8, 4) is 0 Å². The summed E-state index contributed by atoms with van der Waals surface area (Å²) in [6.07, 6.45) is 1.88. The summed E-state index contributed by atoms with van der Waals surface area (Å²) in [5.74, 6) is 0.0380. The minimum atomic E-state index is -0.225. The molecule has 0 spiro atoms. The first-order chi connectivity index (χ1) is 10.4. The average Bonchev–Trinajstić information content (AvgIpc) is 2.80. The Bertz CT molecular complexity index is 689. The molecule has 3 amide bonds. The molecular formula is C16H22N4O2. The van der Waals surface area contributed by atoms with E-state index in [2.05, 4.69) is 10.6 Å². The first-order valence-electron chi connectivity index (χ1n) is 7.23. The summed E-state index contributed by atoms with van der Waals surface area (Å²) < 4.78 is 1.90. The van der Waals surface area contributed by atoms with Gasteiger partial charge in [-0.1, -0.05) is 0 Å². The fourth-order valence-electron chi connectivity index (χ4n) is 2.13. The predicted octanol–water partition coefficient (Wildman–Crippen LogP) is 2.26. The van der Waals surface area contributed by atoms with E-state index in [0.717, 1.165) is 16.6 Å². The smallest absolute Gasteiger partial charge is 0.319 e. The fourth-order valence-corrected chi connectivity index (χ4v) is 2.13. The molecule has 6 nitrogen and oxygen atoms in total. The van der Waals surface area contributed by atoms with Crippen molar-refractivity contribution in [1.82, 2.24) is 14.8 Å². The number of amides is 3. The number of aromatic nitrogens is 1. The molecule has 0 aliphatic rings. The molecule has 2 rings (SSSR count). The zero-order valence-electron chi connectivity index (χ0n) is 13.4. The molecule has 0 bridgehead atoms. The molecule has 0 saturated carbocycles. The fraction of sp³-hybridized carbons (Fsp3) is 0.375. The first kappa shape index (κ1) is 15.9. The molecule has 0 unspecified atom stereocenters. The molecule has 0 aliphatic heterocycles. The molecule has 2 N–H and O–H groups in total. The second-order valence-electron chi connectivity index (χ2n) is 5.76. The topological polar surface area (TPSA) is 66.4 Å². The lowest BCUT2D eigenvalue weighted by Crippen LogP contribution is -2.34. The SMILES string of the molecule is CC(C)NC(=O)Nc1ccc2c(ccn2CC(=O)N(C)C)c1. The van der Waals surface area contributed by atoms with Crippen molar-refractivity contribution in [1.29, 1.82) is 0 Å². The third kappa shape index (κ3) is 3.78. The van der Waals surface area contributed by atoms with Gasteiger partial charge in [-0.15, -0.1) is 0 Å². The lowest BCUT2D eigenvalue weighted by molar-refractivity contribution is -0.129. The van der Waals surface area contributed by atoms with Crippen LogP contribution in [0.4, 0.5) is 10.5 Å². The van der Waals surface area contributed by atoms with Gasteiger partial charge in [0.2, 0.25) is 5.91 Å². The van der Waals surface area contributed by atoms with Crippen LogP contribution in [0.25, 0.3) is 10.9 Å². The average molecular weight is 302 g/mol. The highest BCUT2D eigenvalue weighted by atomic mass is 16.2. The van der Waals surface area contributed by atoms with Crippen LogP contribution in [0.15, 0.2) is 30.5 Å². The molecule has 1 aromatic heterocycles. The van der Waals surface area contributed by atoms with E-state index in [-0.39, 0.29) is 18.0 Å². The van der Waals surface area contributed by atoms with Crippen LogP contribution in [0.2, 0.25) is 0 Å². The van der Waals surface area contributed by atoms with Gasteiger partial charge >= 0.3 is 6.03 Å². The second-order valence-corrected chi connectivity index (χ2v) is 5.76. The normalized spacial score (nSPS) is 10.8. The van der Waals surface area contributed by atoms with E-state index in [4.69, 9.17) is 0 Å². The van der Waals surface area contributed by atoms with Crippen molar-refractivity contribution in [2.75, 3.05) is 19.4 Å². The van der Waals surface area contributed by atoms with E-state index < -0.39 is 0 Å². The van der Waals surface area contributed by atoms with Crippen molar-refractivity contribution >= 4 is 28.5 Å². The van der Waals surface area contributed by atoms with Crippen LogP contribution in [-0.2, 0) is 11.3 Å². The van der Waals surface area contributed by atoms with Gasteiger partial charge in [0.15, 0.2) is 0 Å². The quantitative estimate of drug-likeness (QED) is 0.909. The van der Waals surface area contributed by atoms with Gasteiger partial charge in [0.05, 0.1) is 0 Å². The molecule has 2 aromatic rings. The second kappa shape index (κ2) is 6.51. The van der Waals surface area contributed by atoms with Crippen LogP contribution in [0.3, 0.4) is 0 Å². The maximum Gasteiger partial charge on any atom is 0.319 e. The highest BCUT2D eigenvalue weighted by molar-refractivity contribution is 5.93. The number of urea groups is 1. The number of nitrogens with one attached hydrogen (secondary N) is 2. The summed E-state index contributed by atoms with van der Waals surface area (Å²) in [4.78, 5) is 25.1. The van der Waals surface area contributed by atoms with E-state index in [0.29, 0.717) is 6.54 Å². The number of nitrogens with zero attached hydrogens (tertiary/aromatic N) is 2. The monoisotopic (exact) mass is 302 g/mol. The summed E-state index contributed by atoms with van der Waals surface area (Å²) in [6.45, 7) is 4.12. The predicted molar refractivity (Wildman–Crippen MR) is 87.9 cm³/mol. The van der Waals surface area contributed by atoms with Crippen LogP contribution < -0.4 is 10.6 Å². The van der Waals surface area contributed by atoms with Crippen molar-refractivity contribution in [3.63, 3.8) is 0 Å². The Balaban J connectivity index is 2.16. The van der Waals surface area contributed by atoms with Crippen LogP contribution in [0, 0.1) is 0 Å². The number of carbonyl (C=O) groups excluding carboxylic acids is 2. The van der Waals surface area contributed by atoms with E-state index >= 15 is 0 Å². The van der Waals surface area contributed by atoms with Gasteiger partial charge < -0.3 is 20.1 Å². The number of rotatable bonds is 4. The summed E-state index contributed by atoms with van der Waals surface area (Å²) in [7, 11) is 3.48. The van der Waals surface area contributed by atoms with E-state index in [1.54, 1.807) is 19.0 Å².